The first-order chi connectivity index (χ1) is 7.58. The number of hydrogen-bond acceptors (Lipinski definition) is 3. The van der Waals surface area contributed by atoms with Crippen molar-refractivity contribution in [1.82, 2.24) is 4.98 Å². The quantitative estimate of drug-likeness (QED) is 0.898. The van der Waals surface area contributed by atoms with Crippen LogP contribution in [0, 0.1) is 5.82 Å². The molecule has 0 aliphatic heterocycles. The molecule has 16 heavy (non-hydrogen) atoms. The Morgan fingerprint density at radius 1 is 1.50 bits per heavy atom. The molecule has 0 aliphatic rings. The molecule has 0 saturated heterocycles. The van der Waals surface area contributed by atoms with Crippen molar-refractivity contribution in [3.8, 4) is 10.6 Å². The lowest BCUT2D eigenvalue weighted by Gasteiger charge is -1.97. The van der Waals surface area contributed by atoms with Crippen molar-refractivity contribution in [2.45, 2.75) is 0 Å². The number of hydrogen-bond donors (Lipinski definition) is 1. The second kappa shape index (κ2) is 4.19. The third-order valence-corrected chi connectivity index (χ3v) is 3.10. The average molecular weight is 257 g/mol. The number of aromatic nitrogens is 1. The number of rotatable bonds is 2. The zero-order chi connectivity index (χ0) is 11.7. The van der Waals surface area contributed by atoms with Gasteiger partial charge in [-0.3, -0.25) is 4.79 Å². The van der Waals surface area contributed by atoms with Crippen molar-refractivity contribution in [2.24, 2.45) is 5.73 Å². The summed E-state index contributed by atoms with van der Waals surface area (Å²) in [7, 11) is 0. The molecule has 1 amide bonds. The Hall–Kier alpha value is -1.46. The van der Waals surface area contributed by atoms with Crippen LogP contribution >= 0.6 is 22.9 Å². The summed E-state index contributed by atoms with van der Waals surface area (Å²) in [6.07, 6.45) is 0. The van der Waals surface area contributed by atoms with E-state index in [-0.39, 0.29) is 10.7 Å². The number of carbonyl (C=O) groups excluding carboxylic acids is 1. The van der Waals surface area contributed by atoms with E-state index in [2.05, 4.69) is 4.98 Å². The minimum Gasteiger partial charge on any atom is -0.364 e. The van der Waals surface area contributed by atoms with E-state index in [4.69, 9.17) is 17.3 Å². The lowest BCUT2D eigenvalue weighted by molar-refractivity contribution is 0.0996. The van der Waals surface area contributed by atoms with E-state index < -0.39 is 11.7 Å². The summed E-state index contributed by atoms with van der Waals surface area (Å²) in [4.78, 5) is 14.9. The van der Waals surface area contributed by atoms with Crippen LogP contribution < -0.4 is 5.73 Å². The SMILES string of the molecule is NC(=O)c1csc(-c2ccc(F)c(Cl)c2)n1. The minimum absolute atomic E-state index is 0.0216. The summed E-state index contributed by atoms with van der Waals surface area (Å²) in [5.41, 5.74) is 5.93. The zero-order valence-corrected chi connectivity index (χ0v) is 9.48. The van der Waals surface area contributed by atoms with E-state index in [1.54, 1.807) is 11.4 Å². The van der Waals surface area contributed by atoms with Crippen molar-refractivity contribution in [2.75, 3.05) is 0 Å². The maximum absolute atomic E-state index is 12.9. The molecule has 2 rings (SSSR count). The highest BCUT2D eigenvalue weighted by atomic mass is 35.5. The molecular weight excluding hydrogens is 251 g/mol. The van der Waals surface area contributed by atoms with Gasteiger partial charge in [0.15, 0.2) is 0 Å². The van der Waals surface area contributed by atoms with Gasteiger partial charge in [0.1, 0.15) is 16.5 Å². The van der Waals surface area contributed by atoms with E-state index in [0.29, 0.717) is 10.6 Å². The molecule has 0 saturated carbocycles. The van der Waals surface area contributed by atoms with Gasteiger partial charge in [-0.15, -0.1) is 11.3 Å². The fourth-order valence-corrected chi connectivity index (χ4v) is 2.14. The minimum atomic E-state index is -0.587. The summed E-state index contributed by atoms with van der Waals surface area (Å²) in [6.45, 7) is 0. The molecule has 82 valence electrons. The Morgan fingerprint density at radius 2 is 2.25 bits per heavy atom. The number of thiazole rings is 1. The van der Waals surface area contributed by atoms with Gasteiger partial charge >= 0.3 is 0 Å². The summed E-state index contributed by atoms with van der Waals surface area (Å²) >= 11 is 6.90. The Kier molecular flexibility index (Phi) is 2.89. The molecule has 2 aromatic rings. The number of nitrogens with zero attached hydrogens (tertiary/aromatic N) is 1. The van der Waals surface area contributed by atoms with Crippen LogP contribution in [0.1, 0.15) is 10.5 Å². The Labute approximate surface area is 99.7 Å². The number of halogens is 2. The van der Waals surface area contributed by atoms with Gasteiger partial charge in [0.2, 0.25) is 0 Å². The van der Waals surface area contributed by atoms with Crippen molar-refractivity contribution in [3.63, 3.8) is 0 Å². The fourth-order valence-electron chi connectivity index (χ4n) is 1.15. The van der Waals surface area contributed by atoms with Gasteiger partial charge in [0.05, 0.1) is 5.02 Å². The standard InChI is InChI=1S/C10H6ClFN2OS/c11-6-3-5(1-2-7(6)12)10-14-8(4-16-10)9(13)15/h1-4H,(H2,13,15). The van der Waals surface area contributed by atoms with Gasteiger partial charge in [-0.1, -0.05) is 11.6 Å². The van der Waals surface area contributed by atoms with Gasteiger partial charge < -0.3 is 5.73 Å². The Bertz CT molecular complexity index is 556. The molecule has 0 atom stereocenters. The van der Waals surface area contributed by atoms with E-state index in [1.807, 2.05) is 0 Å². The van der Waals surface area contributed by atoms with Gasteiger partial charge in [0.25, 0.3) is 5.91 Å². The highest BCUT2D eigenvalue weighted by Gasteiger charge is 2.10. The van der Waals surface area contributed by atoms with E-state index in [9.17, 15) is 9.18 Å². The van der Waals surface area contributed by atoms with Crippen LogP contribution in [0.3, 0.4) is 0 Å². The van der Waals surface area contributed by atoms with Crippen LogP contribution in [0.2, 0.25) is 5.02 Å². The molecule has 0 radical (unpaired) electrons. The molecule has 0 bridgehead atoms. The molecule has 0 spiro atoms. The van der Waals surface area contributed by atoms with Gasteiger partial charge in [-0.2, -0.15) is 0 Å². The molecular formula is C10H6ClFN2OS. The summed E-state index contributed by atoms with van der Waals surface area (Å²) in [5.74, 6) is -1.08. The van der Waals surface area contributed by atoms with Crippen molar-refractivity contribution in [1.29, 1.82) is 0 Å². The van der Waals surface area contributed by atoms with Crippen LogP contribution in [-0.4, -0.2) is 10.9 Å². The summed E-state index contributed by atoms with van der Waals surface area (Å²) in [6, 6.07) is 4.26. The number of primary amides is 1. The Morgan fingerprint density at radius 3 is 2.81 bits per heavy atom. The summed E-state index contributed by atoms with van der Waals surface area (Å²) < 4.78 is 12.9. The predicted molar refractivity (Wildman–Crippen MR) is 61.0 cm³/mol. The van der Waals surface area contributed by atoms with Crippen molar-refractivity contribution >= 4 is 28.8 Å². The van der Waals surface area contributed by atoms with Gasteiger partial charge in [0, 0.05) is 10.9 Å². The van der Waals surface area contributed by atoms with Crippen molar-refractivity contribution in [3.05, 3.63) is 40.1 Å². The molecule has 1 heterocycles. The maximum Gasteiger partial charge on any atom is 0.268 e. The number of amides is 1. The third-order valence-electron chi connectivity index (χ3n) is 1.92. The molecule has 0 fully saturated rings. The highest BCUT2D eigenvalue weighted by Crippen LogP contribution is 2.27. The molecule has 1 aromatic carbocycles. The number of benzene rings is 1. The van der Waals surface area contributed by atoms with Gasteiger partial charge in [-0.05, 0) is 18.2 Å². The molecule has 0 unspecified atom stereocenters. The third kappa shape index (κ3) is 2.05. The number of nitrogens with two attached hydrogens (primary N) is 1. The van der Waals surface area contributed by atoms with E-state index in [1.165, 1.54) is 23.5 Å². The van der Waals surface area contributed by atoms with Crippen LogP contribution in [0.5, 0.6) is 0 Å². The van der Waals surface area contributed by atoms with Crippen LogP contribution in [0.4, 0.5) is 4.39 Å². The predicted octanol–water partition coefficient (Wildman–Crippen LogP) is 2.70. The van der Waals surface area contributed by atoms with E-state index >= 15 is 0 Å². The first kappa shape index (κ1) is 11.0. The first-order valence-corrected chi connectivity index (χ1v) is 5.54. The zero-order valence-electron chi connectivity index (χ0n) is 7.91. The molecule has 6 heteroatoms. The maximum atomic E-state index is 12.9. The highest BCUT2D eigenvalue weighted by molar-refractivity contribution is 7.13. The largest absolute Gasteiger partial charge is 0.364 e. The summed E-state index contributed by atoms with van der Waals surface area (Å²) in [5, 5.41) is 2.15. The lowest BCUT2D eigenvalue weighted by atomic mass is 10.2. The monoisotopic (exact) mass is 256 g/mol. The topological polar surface area (TPSA) is 56.0 Å². The average Bonchev–Trinajstić information content (AvgIpc) is 2.71. The fraction of sp³-hybridized carbons (Fsp3) is 0. The number of carbonyl (C=O) groups is 1. The van der Waals surface area contributed by atoms with Crippen molar-refractivity contribution < 1.29 is 9.18 Å². The Balaban J connectivity index is 2.42. The van der Waals surface area contributed by atoms with Crippen LogP contribution in [0.15, 0.2) is 23.6 Å². The normalized spacial score (nSPS) is 10.4. The second-order valence-corrected chi connectivity index (χ2v) is 4.30. The smallest absolute Gasteiger partial charge is 0.268 e. The lowest BCUT2D eigenvalue weighted by Crippen LogP contribution is -2.10. The molecule has 2 N–H and O–H groups in total. The molecule has 0 aliphatic carbocycles. The van der Waals surface area contributed by atoms with Gasteiger partial charge in [-0.25, -0.2) is 9.37 Å². The van der Waals surface area contributed by atoms with Crippen LogP contribution in [-0.2, 0) is 0 Å². The second-order valence-electron chi connectivity index (χ2n) is 3.03. The molecule has 1 aromatic heterocycles. The first-order valence-electron chi connectivity index (χ1n) is 4.28. The molecule has 3 nitrogen and oxygen atoms in total. The van der Waals surface area contributed by atoms with E-state index in [0.717, 1.165) is 0 Å². The van der Waals surface area contributed by atoms with Crippen LogP contribution in [0.25, 0.3) is 10.6 Å².